The van der Waals surface area contributed by atoms with Crippen LogP contribution < -0.4 is 5.73 Å². The molecule has 0 aromatic carbocycles. The molecule has 0 spiro atoms. The van der Waals surface area contributed by atoms with Crippen LogP contribution in [-0.4, -0.2) is 17.6 Å². The maximum Gasteiger partial charge on any atom is 0.306 e. The molecule has 16 heavy (non-hydrogen) atoms. The monoisotopic (exact) mass is 223 g/mol. The number of carbonyl (C=O) groups is 1. The molecule has 0 aliphatic heterocycles. The zero-order valence-corrected chi connectivity index (χ0v) is 9.86. The van der Waals surface area contributed by atoms with Gasteiger partial charge in [-0.3, -0.25) is 4.79 Å². The largest absolute Gasteiger partial charge is 0.481 e. The Morgan fingerprint density at radius 2 is 2.19 bits per heavy atom. The smallest absolute Gasteiger partial charge is 0.306 e. The van der Waals surface area contributed by atoms with Crippen LogP contribution in [0.1, 0.15) is 32.6 Å². The van der Waals surface area contributed by atoms with Crippen LogP contribution in [0.25, 0.3) is 0 Å². The van der Waals surface area contributed by atoms with E-state index >= 15 is 0 Å². The Kier molecular flexibility index (Phi) is 2.13. The molecule has 0 aromatic heterocycles. The quantitative estimate of drug-likeness (QED) is 0.765. The topological polar surface area (TPSA) is 63.3 Å². The molecule has 3 aliphatic rings. The number of rotatable bonds is 3. The highest BCUT2D eigenvalue weighted by Crippen LogP contribution is 2.71. The van der Waals surface area contributed by atoms with Gasteiger partial charge in [-0.25, -0.2) is 0 Å². The third-order valence-electron chi connectivity index (χ3n) is 6.02. The first-order valence-corrected chi connectivity index (χ1v) is 6.54. The van der Waals surface area contributed by atoms with E-state index in [1.165, 1.54) is 25.7 Å². The third kappa shape index (κ3) is 1.01. The van der Waals surface area contributed by atoms with Crippen molar-refractivity contribution in [3.63, 3.8) is 0 Å². The van der Waals surface area contributed by atoms with E-state index in [4.69, 9.17) is 5.73 Å². The molecule has 1 unspecified atom stereocenters. The molecular weight excluding hydrogens is 202 g/mol. The number of aliphatic carboxylic acids is 1. The van der Waals surface area contributed by atoms with Gasteiger partial charge in [0.1, 0.15) is 0 Å². The van der Waals surface area contributed by atoms with Gasteiger partial charge < -0.3 is 10.8 Å². The summed E-state index contributed by atoms with van der Waals surface area (Å²) in [4.78, 5) is 11.3. The lowest BCUT2D eigenvalue weighted by atomic mass is 9.43. The molecule has 3 saturated carbocycles. The van der Waals surface area contributed by atoms with Crippen molar-refractivity contribution in [2.45, 2.75) is 32.6 Å². The first-order chi connectivity index (χ1) is 7.61. The second kappa shape index (κ2) is 3.22. The summed E-state index contributed by atoms with van der Waals surface area (Å²) in [6.45, 7) is 2.44. The van der Waals surface area contributed by atoms with Crippen LogP contribution in [0.2, 0.25) is 0 Å². The minimum absolute atomic E-state index is 0.0677. The summed E-state index contributed by atoms with van der Waals surface area (Å²) >= 11 is 0. The lowest BCUT2D eigenvalue weighted by Crippen LogP contribution is -2.63. The minimum Gasteiger partial charge on any atom is -0.481 e. The summed E-state index contributed by atoms with van der Waals surface area (Å²) in [6.07, 6.45) is 5.13. The molecular formula is C13H21NO2. The van der Waals surface area contributed by atoms with Crippen LogP contribution in [0, 0.1) is 35.0 Å². The van der Waals surface area contributed by atoms with Crippen LogP contribution in [0.15, 0.2) is 0 Å². The zero-order chi connectivity index (χ0) is 11.5. The highest BCUT2D eigenvalue weighted by Gasteiger charge is 2.68. The predicted molar refractivity (Wildman–Crippen MR) is 60.7 cm³/mol. The fourth-order valence-electron chi connectivity index (χ4n) is 5.28. The first-order valence-electron chi connectivity index (χ1n) is 6.54. The average molecular weight is 223 g/mol. The van der Waals surface area contributed by atoms with Gasteiger partial charge in [0.25, 0.3) is 0 Å². The first kappa shape index (κ1) is 10.6. The summed E-state index contributed by atoms with van der Waals surface area (Å²) < 4.78 is 0. The Balaban J connectivity index is 1.94. The van der Waals surface area contributed by atoms with E-state index in [1.807, 2.05) is 6.92 Å². The second-order valence-electron chi connectivity index (χ2n) is 6.17. The summed E-state index contributed by atoms with van der Waals surface area (Å²) in [5.41, 5.74) is 5.92. The van der Waals surface area contributed by atoms with Crippen molar-refractivity contribution in [1.82, 2.24) is 0 Å². The van der Waals surface area contributed by atoms with Crippen LogP contribution >= 0.6 is 0 Å². The maximum absolute atomic E-state index is 11.3. The second-order valence-corrected chi connectivity index (χ2v) is 6.17. The van der Waals surface area contributed by atoms with Gasteiger partial charge in [-0.2, -0.15) is 0 Å². The number of carboxylic acids is 1. The average Bonchev–Trinajstić information content (AvgIpc) is 2.46. The lowest BCUT2D eigenvalue weighted by molar-refractivity contribution is -0.174. The molecule has 3 aliphatic carbocycles. The highest BCUT2D eigenvalue weighted by molar-refractivity contribution is 5.71. The molecule has 0 heterocycles. The molecule has 0 radical (unpaired) electrons. The van der Waals surface area contributed by atoms with E-state index in [1.54, 1.807) is 0 Å². The fourth-order valence-corrected chi connectivity index (χ4v) is 5.28. The number of carboxylic acid groups (broad SMARTS) is 1. The van der Waals surface area contributed by atoms with Gasteiger partial charge in [0.05, 0.1) is 5.92 Å². The van der Waals surface area contributed by atoms with Gasteiger partial charge in [0, 0.05) is 5.41 Å². The molecule has 0 saturated heterocycles. The summed E-state index contributed by atoms with van der Waals surface area (Å²) in [5.74, 6) is 1.98. The Morgan fingerprint density at radius 1 is 1.44 bits per heavy atom. The summed E-state index contributed by atoms with van der Waals surface area (Å²) in [5, 5.41) is 9.31. The molecule has 3 nitrogen and oxygen atoms in total. The standard InChI is InChI=1S/C13H21NO2/c1-7(12(15)16)13(6-14)10-3-2-8-4-9(10)11(13)5-8/h7-11H,2-6,14H2,1H3,(H,15,16)/t7?,8-,9-,10+,11-,13+/m0/s1. The van der Waals surface area contributed by atoms with Gasteiger partial charge in [-0.15, -0.1) is 0 Å². The van der Waals surface area contributed by atoms with Crippen molar-refractivity contribution in [3.05, 3.63) is 0 Å². The molecule has 3 N–H and O–H groups in total. The fraction of sp³-hybridized carbons (Fsp3) is 0.923. The van der Waals surface area contributed by atoms with Gasteiger partial charge in [-0.05, 0) is 49.5 Å². The molecule has 90 valence electrons. The lowest BCUT2D eigenvalue weighted by Gasteiger charge is -2.61. The van der Waals surface area contributed by atoms with Crippen LogP contribution in [0.5, 0.6) is 0 Å². The Bertz CT molecular complexity index is 322. The van der Waals surface area contributed by atoms with Crippen molar-refractivity contribution < 1.29 is 9.90 Å². The normalized spacial score (nSPS) is 50.9. The van der Waals surface area contributed by atoms with Crippen molar-refractivity contribution in [2.24, 2.45) is 40.7 Å². The number of nitrogens with two attached hydrogens (primary N) is 1. The molecule has 6 atom stereocenters. The highest BCUT2D eigenvalue weighted by atomic mass is 16.4. The molecule has 0 aromatic rings. The molecule has 2 bridgehead atoms. The maximum atomic E-state index is 11.3. The third-order valence-corrected chi connectivity index (χ3v) is 6.02. The number of fused-ring (bicyclic) bond motifs is 1. The van der Waals surface area contributed by atoms with E-state index in [-0.39, 0.29) is 11.3 Å². The Hall–Kier alpha value is -0.570. The Labute approximate surface area is 96.4 Å². The van der Waals surface area contributed by atoms with Crippen molar-refractivity contribution >= 4 is 5.97 Å². The van der Waals surface area contributed by atoms with Gasteiger partial charge in [0.2, 0.25) is 0 Å². The summed E-state index contributed by atoms with van der Waals surface area (Å²) in [7, 11) is 0. The SMILES string of the molecule is CC(C(=O)O)[C@]1(CN)[C@@H]2CC[C@H]3C[C@@H]2[C@@H]1C3. The van der Waals surface area contributed by atoms with Crippen LogP contribution in [-0.2, 0) is 4.79 Å². The van der Waals surface area contributed by atoms with Crippen molar-refractivity contribution in [1.29, 1.82) is 0 Å². The van der Waals surface area contributed by atoms with E-state index in [0.717, 1.165) is 11.8 Å². The van der Waals surface area contributed by atoms with E-state index < -0.39 is 5.97 Å². The van der Waals surface area contributed by atoms with Gasteiger partial charge in [0.15, 0.2) is 0 Å². The molecule has 3 heteroatoms. The minimum atomic E-state index is -0.653. The summed E-state index contributed by atoms with van der Waals surface area (Å²) in [6, 6.07) is 0. The van der Waals surface area contributed by atoms with Crippen LogP contribution in [0.4, 0.5) is 0 Å². The molecule has 3 rings (SSSR count). The Morgan fingerprint density at radius 3 is 2.81 bits per heavy atom. The van der Waals surface area contributed by atoms with Crippen LogP contribution in [0.3, 0.4) is 0 Å². The predicted octanol–water partition coefficient (Wildman–Crippen LogP) is 1.72. The number of hydrogen-bond donors (Lipinski definition) is 2. The molecule has 3 fully saturated rings. The number of hydrogen-bond acceptors (Lipinski definition) is 2. The van der Waals surface area contributed by atoms with E-state index in [2.05, 4.69) is 0 Å². The molecule has 0 amide bonds. The van der Waals surface area contributed by atoms with Gasteiger partial charge in [-0.1, -0.05) is 13.3 Å². The van der Waals surface area contributed by atoms with Crippen molar-refractivity contribution in [3.8, 4) is 0 Å². The van der Waals surface area contributed by atoms with E-state index in [9.17, 15) is 9.90 Å². The zero-order valence-electron chi connectivity index (χ0n) is 9.86. The van der Waals surface area contributed by atoms with Gasteiger partial charge >= 0.3 is 5.97 Å². The van der Waals surface area contributed by atoms with E-state index in [0.29, 0.717) is 18.4 Å². The van der Waals surface area contributed by atoms with Crippen molar-refractivity contribution in [2.75, 3.05) is 6.54 Å².